The molecule has 2 aromatic rings. The maximum absolute atomic E-state index is 13.3. The van der Waals surface area contributed by atoms with Gasteiger partial charge in [-0.1, -0.05) is 24.3 Å². The van der Waals surface area contributed by atoms with Gasteiger partial charge in [0, 0.05) is 39.0 Å². The van der Waals surface area contributed by atoms with Gasteiger partial charge in [-0.3, -0.25) is 58.0 Å². The molecule has 234 valence electrons. The number of likely N-dealkylation sites (N-methyl/N-ethyl adjacent to an activating group) is 1. The molecule has 14 heteroatoms. The number of amides is 8. The fourth-order valence-electron chi connectivity index (χ4n) is 6.23. The zero-order valence-electron chi connectivity index (χ0n) is 24.3. The van der Waals surface area contributed by atoms with E-state index in [2.05, 4.69) is 0 Å². The molecule has 0 bridgehead atoms. The van der Waals surface area contributed by atoms with Crippen molar-refractivity contribution in [1.29, 1.82) is 0 Å². The molecular formula is C31H30ClN5O8. The van der Waals surface area contributed by atoms with E-state index < -0.39 is 59.3 Å². The third-order valence-corrected chi connectivity index (χ3v) is 8.65. The number of hydrogen-bond donors (Lipinski definition) is 0. The molecular weight excluding hydrogens is 606 g/mol. The second-order valence-corrected chi connectivity index (χ2v) is 11.2. The van der Waals surface area contributed by atoms with Gasteiger partial charge in [0.25, 0.3) is 35.4 Å². The van der Waals surface area contributed by atoms with Gasteiger partial charge in [0.1, 0.15) is 12.1 Å². The number of hydrogen-bond acceptors (Lipinski definition) is 9. The monoisotopic (exact) mass is 635 g/mol. The summed E-state index contributed by atoms with van der Waals surface area (Å²) in [5.41, 5.74) is 0.891. The van der Waals surface area contributed by atoms with E-state index in [1.54, 1.807) is 36.2 Å². The molecule has 2 atom stereocenters. The zero-order chi connectivity index (χ0) is 31.3. The molecule has 4 heterocycles. The van der Waals surface area contributed by atoms with Crippen LogP contribution in [0.4, 0.5) is 0 Å². The van der Waals surface area contributed by atoms with Crippen LogP contribution < -0.4 is 0 Å². The van der Waals surface area contributed by atoms with Crippen LogP contribution in [-0.4, -0.2) is 117 Å². The Hall–Kier alpha value is -4.75. The number of nitrogens with zero attached hydrogens (tertiary/aromatic N) is 5. The summed E-state index contributed by atoms with van der Waals surface area (Å²) in [4.78, 5) is 110. The van der Waals surface area contributed by atoms with Gasteiger partial charge < -0.3 is 4.90 Å². The number of halogens is 1. The summed E-state index contributed by atoms with van der Waals surface area (Å²) >= 11 is 0. The summed E-state index contributed by atoms with van der Waals surface area (Å²) in [5, 5.41) is 0. The third kappa shape index (κ3) is 5.31. The minimum absolute atomic E-state index is 0. The minimum Gasteiger partial charge on any atom is -0.303 e. The molecule has 45 heavy (non-hydrogen) atoms. The Morgan fingerprint density at radius 3 is 1.20 bits per heavy atom. The molecule has 13 nitrogen and oxygen atoms in total. The molecule has 2 unspecified atom stereocenters. The molecule has 2 aromatic carbocycles. The summed E-state index contributed by atoms with van der Waals surface area (Å²) in [7, 11) is 1.70. The van der Waals surface area contributed by atoms with Gasteiger partial charge in [0.2, 0.25) is 11.8 Å². The van der Waals surface area contributed by atoms with Crippen LogP contribution in [0.5, 0.6) is 0 Å². The number of imide groups is 4. The van der Waals surface area contributed by atoms with Gasteiger partial charge in [0.05, 0.1) is 22.3 Å². The molecule has 4 aliphatic rings. The molecule has 0 N–H and O–H groups in total. The largest absolute Gasteiger partial charge is 0.303 e. The molecule has 2 fully saturated rings. The maximum atomic E-state index is 13.3. The molecule has 0 spiro atoms. The standard InChI is InChI=1S/C31H29N5O8.ClH/c1-32(14-16-33-24(37)12-10-22(30(33)43)35-26(39)18-6-2-3-7-19(18)27(35)40)15-17-34-25(38)13-11-23(31(34)44)36-28(41)20-8-4-5-9-21(20)29(36)42;/h2-9,22-23H,10-17H2,1H3;1H. The van der Waals surface area contributed by atoms with Crippen molar-refractivity contribution in [3.63, 3.8) is 0 Å². The average Bonchev–Trinajstić information content (AvgIpc) is 3.42. The third-order valence-electron chi connectivity index (χ3n) is 8.65. The van der Waals surface area contributed by atoms with Crippen LogP contribution in [-0.2, 0) is 19.2 Å². The highest BCUT2D eigenvalue weighted by Crippen LogP contribution is 2.30. The lowest BCUT2D eigenvalue weighted by Crippen LogP contribution is -2.58. The van der Waals surface area contributed by atoms with E-state index in [9.17, 15) is 38.4 Å². The predicted molar refractivity (Wildman–Crippen MR) is 158 cm³/mol. The van der Waals surface area contributed by atoms with Crippen molar-refractivity contribution < 1.29 is 38.4 Å². The van der Waals surface area contributed by atoms with Crippen LogP contribution in [0.3, 0.4) is 0 Å². The Bertz CT molecular complexity index is 1470. The topological polar surface area (TPSA) is 153 Å². The number of benzene rings is 2. The Balaban J connectivity index is 0.00000400. The Kier molecular flexibility index (Phi) is 8.68. The highest BCUT2D eigenvalue weighted by atomic mass is 35.5. The average molecular weight is 636 g/mol. The van der Waals surface area contributed by atoms with Gasteiger partial charge in [-0.15, -0.1) is 12.4 Å². The van der Waals surface area contributed by atoms with E-state index in [-0.39, 0.29) is 86.5 Å². The molecule has 0 aliphatic carbocycles. The molecule has 6 rings (SSSR count). The summed E-state index contributed by atoms with van der Waals surface area (Å²) in [6.07, 6.45) is 0.0683. The predicted octanol–water partition coefficient (Wildman–Crippen LogP) is 0.968. The Morgan fingerprint density at radius 2 is 0.889 bits per heavy atom. The van der Waals surface area contributed by atoms with Crippen molar-refractivity contribution in [1.82, 2.24) is 24.5 Å². The van der Waals surface area contributed by atoms with Crippen LogP contribution in [0.25, 0.3) is 0 Å². The number of fused-ring (bicyclic) bond motifs is 2. The highest BCUT2D eigenvalue weighted by Gasteiger charge is 2.48. The fraction of sp³-hybridized carbons (Fsp3) is 0.355. The zero-order valence-corrected chi connectivity index (χ0v) is 25.2. The second-order valence-electron chi connectivity index (χ2n) is 11.2. The van der Waals surface area contributed by atoms with Crippen LogP contribution in [0, 0.1) is 0 Å². The van der Waals surface area contributed by atoms with Crippen molar-refractivity contribution in [3.05, 3.63) is 70.8 Å². The first-order valence-electron chi connectivity index (χ1n) is 14.4. The van der Waals surface area contributed by atoms with Gasteiger partial charge in [0.15, 0.2) is 0 Å². The number of carbonyl (C=O) groups is 8. The number of carbonyl (C=O) groups excluding carboxylic acids is 8. The Labute approximate surface area is 264 Å². The van der Waals surface area contributed by atoms with Crippen LogP contribution in [0.15, 0.2) is 48.5 Å². The minimum atomic E-state index is -1.09. The first-order valence-corrected chi connectivity index (χ1v) is 14.4. The van der Waals surface area contributed by atoms with Crippen molar-refractivity contribution in [2.45, 2.75) is 37.8 Å². The van der Waals surface area contributed by atoms with E-state index in [0.717, 1.165) is 19.6 Å². The van der Waals surface area contributed by atoms with Gasteiger partial charge in [-0.05, 0) is 44.2 Å². The molecule has 8 amide bonds. The lowest BCUT2D eigenvalue weighted by molar-refractivity contribution is -0.152. The van der Waals surface area contributed by atoms with E-state index in [1.165, 1.54) is 24.3 Å². The van der Waals surface area contributed by atoms with Crippen LogP contribution in [0.2, 0.25) is 0 Å². The van der Waals surface area contributed by atoms with Crippen molar-refractivity contribution in [2.75, 3.05) is 33.2 Å². The second kappa shape index (κ2) is 12.3. The lowest BCUT2D eigenvalue weighted by atomic mass is 10.0. The van der Waals surface area contributed by atoms with Crippen molar-refractivity contribution >= 4 is 59.7 Å². The molecule has 2 saturated heterocycles. The summed E-state index contributed by atoms with van der Waals surface area (Å²) < 4.78 is 0. The van der Waals surface area contributed by atoms with E-state index in [0.29, 0.717) is 0 Å². The SMILES string of the molecule is CN(CCN1C(=O)CCC(N2C(=O)c3ccccc3C2=O)C1=O)CCN1C(=O)CCC(N2C(=O)c3ccccc3C2=O)C1=O.Cl. The van der Waals surface area contributed by atoms with E-state index in [1.807, 2.05) is 0 Å². The Morgan fingerprint density at radius 1 is 0.578 bits per heavy atom. The highest BCUT2D eigenvalue weighted by molar-refractivity contribution is 6.24. The summed E-state index contributed by atoms with van der Waals surface area (Å²) in [6.45, 7) is 0.357. The first kappa shape index (κ1) is 31.7. The smallest absolute Gasteiger partial charge is 0.262 e. The first-order chi connectivity index (χ1) is 21.1. The molecule has 0 saturated carbocycles. The number of piperidine rings is 2. The number of rotatable bonds is 8. The van der Waals surface area contributed by atoms with Crippen LogP contribution >= 0.6 is 12.4 Å². The molecule has 0 aromatic heterocycles. The van der Waals surface area contributed by atoms with Crippen molar-refractivity contribution in [3.8, 4) is 0 Å². The maximum Gasteiger partial charge on any atom is 0.262 e. The summed E-state index contributed by atoms with van der Waals surface area (Å²) in [5.74, 6) is -4.35. The van der Waals surface area contributed by atoms with Gasteiger partial charge in [-0.2, -0.15) is 0 Å². The van der Waals surface area contributed by atoms with E-state index in [4.69, 9.17) is 0 Å². The van der Waals surface area contributed by atoms with E-state index >= 15 is 0 Å². The van der Waals surface area contributed by atoms with Gasteiger partial charge >= 0.3 is 0 Å². The lowest BCUT2D eigenvalue weighted by Gasteiger charge is -2.36. The van der Waals surface area contributed by atoms with Crippen molar-refractivity contribution in [2.24, 2.45) is 0 Å². The van der Waals surface area contributed by atoms with Gasteiger partial charge in [-0.25, -0.2) is 0 Å². The summed E-state index contributed by atoms with van der Waals surface area (Å²) in [6, 6.07) is 10.5. The molecule has 0 radical (unpaired) electrons. The quantitative estimate of drug-likeness (QED) is 0.386. The number of likely N-dealkylation sites (tertiary alicyclic amines) is 2. The molecule has 4 aliphatic heterocycles. The van der Waals surface area contributed by atoms with Crippen LogP contribution in [0.1, 0.15) is 67.1 Å². The fourth-order valence-corrected chi connectivity index (χ4v) is 6.23. The normalized spacial score (nSPS) is 21.6.